The van der Waals surface area contributed by atoms with Crippen LogP contribution >= 0.6 is 0 Å². The summed E-state index contributed by atoms with van der Waals surface area (Å²) in [6.07, 6.45) is 0.839. The number of anilines is 1. The van der Waals surface area contributed by atoms with Crippen LogP contribution in [0.4, 0.5) is 10.1 Å². The molecule has 1 saturated heterocycles. The fourth-order valence-corrected chi connectivity index (χ4v) is 4.67. The molecule has 27 heavy (non-hydrogen) atoms. The van der Waals surface area contributed by atoms with Crippen molar-refractivity contribution in [2.45, 2.75) is 11.3 Å². The summed E-state index contributed by atoms with van der Waals surface area (Å²) in [5.74, 6) is -0.487. The monoisotopic (exact) mass is 391 g/mol. The molecule has 0 aliphatic carbocycles. The number of hydrogen-bond acceptors (Lipinski definition) is 4. The molecule has 1 atom stereocenters. The van der Waals surface area contributed by atoms with Crippen molar-refractivity contribution in [1.82, 2.24) is 9.62 Å². The molecule has 144 valence electrons. The Morgan fingerprint density at radius 2 is 1.81 bits per heavy atom. The first-order valence-electron chi connectivity index (χ1n) is 8.72. The Kier molecular flexibility index (Phi) is 5.88. The van der Waals surface area contributed by atoms with Crippen LogP contribution in [0.15, 0.2) is 53.4 Å². The molecule has 1 heterocycles. The Bertz CT molecular complexity index is 899. The Labute approximate surface area is 158 Å². The van der Waals surface area contributed by atoms with Gasteiger partial charge < -0.3 is 10.6 Å². The van der Waals surface area contributed by atoms with Gasteiger partial charge in [0.2, 0.25) is 10.0 Å². The average Bonchev–Trinajstić information content (AvgIpc) is 3.12. The molecule has 0 aromatic heterocycles. The van der Waals surface area contributed by atoms with E-state index in [4.69, 9.17) is 0 Å². The van der Waals surface area contributed by atoms with Crippen molar-refractivity contribution in [1.29, 1.82) is 0 Å². The molecule has 2 N–H and O–H groups in total. The minimum atomic E-state index is -3.54. The molecule has 1 amide bonds. The number of nitrogens with one attached hydrogen (secondary N) is 2. The number of rotatable bonds is 6. The van der Waals surface area contributed by atoms with Gasteiger partial charge in [-0.05, 0) is 74.5 Å². The second-order valence-electron chi connectivity index (χ2n) is 6.56. The van der Waals surface area contributed by atoms with Crippen LogP contribution in [0.3, 0.4) is 0 Å². The highest BCUT2D eigenvalue weighted by molar-refractivity contribution is 7.89. The van der Waals surface area contributed by atoms with Gasteiger partial charge in [-0.1, -0.05) is 0 Å². The normalized spacial score (nSPS) is 17.8. The van der Waals surface area contributed by atoms with Crippen LogP contribution in [0.2, 0.25) is 0 Å². The lowest BCUT2D eigenvalue weighted by Crippen LogP contribution is -2.30. The number of carbonyl (C=O) groups is 1. The summed E-state index contributed by atoms with van der Waals surface area (Å²) in [6, 6.07) is 11.3. The topological polar surface area (TPSA) is 78.5 Å². The number of halogens is 1. The van der Waals surface area contributed by atoms with Crippen LogP contribution in [0.25, 0.3) is 0 Å². The van der Waals surface area contributed by atoms with Crippen LogP contribution in [0.5, 0.6) is 0 Å². The molecule has 0 spiro atoms. The van der Waals surface area contributed by atoms with E-state index in [-0.39, 0.29) is 10.8 Å². The van der Waals surface area contributed by atoms with Gasteiger partial charge in [0.1, 0.15) is 5.82 Å². The number of carbonyl (C=O) groups excluding carboxylic acids is 1. The molecule has 1 aliphatic rings. The van der Waals surface area contributed by atoms with Crippen LogP contribution in [-0.2, 0) is 10.0 Å². The molecule has 8 heteroatoms. The zero-order valence-electron chi connectivity index (χ0n) is 15.0. The zero-order chi connectivity index (χ0) is 19.4. The van der Waals surface area contributed by atoms with Crippen LogP contribution < -0.4 is 10.6 Å². The quantitative estimate of drug-likeness (QED) is 0.792. The maximum Gasteiger partial charge on any atom is 0.255 e. The van der Waals surface area contributed by atoms with Crippen molar-refractivity contribution in [3.05, 3.63) is 59.9 Å². The molecule has 0 bridgehead atoms. The first kappa shape index (κ1) is 19.5. The molecular formula is C19H22FN3O3S. The summed E-state index contributed by atoms with van der Waals surface area (Å²) >= 11 is 0. The van der Waals surface area contributed by atoms with Crippen LogP contribution in [0, 0.1) is 11.7 Å². The van der Waals surface area contributed by atoms with E-state index in [1.165, 1.54) is 40.7 Å². The predicted molar refractivity (Wildman–Crippen MR) is 102 cm³/mol. The van der Waals surface area contributed by atoms with E-state index in [1.54, 1.807) is 12.1 Å². The molecule has 0 saturated carbocycles. The predicted octanol–water partition coefficient (Wildman–Crippen LogP) is 2.31. The number of sulfonamides is 1. The lowest BCUT2D eigenvalue weighted by atomic mass is 10.1. The lowest BCUT2D eigenvalue weighted by Gasteiger charge is -2.17. The first-order chi connectivity index (χ1) is 12.9. The van der Waals surface area contributed by atoms with Gasteiger partial charge in [-0.25, -0.2) is 12.8 Å². The van der Waals surface area contributed by atoms with Gasteiger partial charge in [0.05, 0.1) is 4.90 Å². The van der Waals surface area contributed by atoms with E-state index in [9.17, 15) is 17.6 Å². The van der Waals surface area contributed by atoms with Crippen molar-refractivity contribution < 1.29 is 17.6 Å². The molecule has 2 aromatic carbocycles. The van der Waals surface area contributed by atoms with E-state index in [0.29, 0.717) is 30.3 Å². The molecular weight excluding hydrogens is 369 g/mol. The standard InChI is InChI=1S/C19H22FN3O3S/c1-21-12-14-10-11-23(13-14)27(25,26)18-8-6-17(7-9-18)22-19(24)15-2-4-16(20)5-3-15/h2-9,14,21H,10-13H2,1H3,(H,22,24). The molecule has 1 fully saturated rings. The second-order valence-corrected chi connectivity index (χ2v) is 8.50. The SMILES string of the molecule is CNCC1CCN(S(=O)(=O)c2ccc(NC(=O)c3ccc(F)cc3)cc2)C1. The van der Waals surface area contributed by atoms with Gasteiger partial charge in [-0.2, -0.15) is 4.31 Å². The summed E-state index contributed by atoms with van der Waals surface area (Å²) in [4.78, 5) is 12.3. The van der Waals surface area contributed by atoms with Gasteiger partial charge in [0.15, 0.2) is 0 Å². The first-order valence-corrected chi connectivity index (χ1v) is 10.2. The summed E-state index contributed by atoms with van der Waals surface area (Å²) in [5, 5.41) is 5.75. The minimum Gasteiger partial charge on any atom is -0.322 e. The summed E-state index contributed by atoms with van der Waals surface area (Å²) in [7, 11) is -1.68. The smallest absolute Gasteiger partial charge is 0.255 e. The summed E-state index contributed by atoms with van der Waals surface area (Å²) in [5.41, 5.74) is 0.790. The Morgan fingerprint density at radius 1 is 1.15 bits per heavy atom. The third-order valence-electron chi connectivity index (χ3n) is 4.60. The maximum atomic E-state index is 12.9. The van der Waals surface area contributed by atoms with Gasteiger partial charge >= 0.3 is 0 Å². The van der Waals surface area contributed by atoms with Gasteiger partial charge in [0.25, 0.3) is 5.91 Å². The van der Waals surface area contributed by atoms with E-state index >= 15 is 0 Å². The number of hydrogen-bond donors (Lipinski definition) is 2. The molecule has 2 aromatic rings. The molecule has 0 radical (unpaired) electrons. The van der Waals surface area contributed by atoms with Crippen molar-refractivity contribution >= 4 is 21.6 Å². The number of benzene rings is 2. The van der Waals surface area contributed by atoms with Crippen molar-refractivity contribution in [2.75, 3.05) is 32.0 Å². The Balaban J connectivity index is 1.67. The fourth-order valence-electron chi connectivity index (χ4n) is 3.13. The molecule has 1 unspecified atom stereocenters. The van der Waals surface area contributed by atoms with Gasteiger partial charge in [-0.15, -0.1) is 0 Å². The summed E-state index contributed by atoms with van der Waals surface area (Å²) in [6.45, 7) is 1.81. The fraction of sp³-hybridized carbons (Fsp3) is 0.316. The van der Waals surface area contributed by atoms with Gasteiger partial charge in [-0.3, -0.25) is 4.79 Å². The summed E-state index contributed by atoms with van der Waals surface area (Å²) < 4.78 is 39.9. The van der Waals surface area contributed by atoms with E-state index in [2.05, 4.69) is 10.6 Å². The maximum absolute atomic E-state index is 12.9. The highest BCUT2D eigenvalue weighted by Crippen LogP contribution is 2.25. The lowest BCUT2D eigenvalue weighted by molar-refractivity contribution is 0.102. The average molecular weight is 391 g/mol. The highest BCUT2D eigenvalue weighted by atomic mass is 32.2. The third-order valence-corrected chi connectivity index (χ3v) is 6.48. The largest absolute Gasteiger partial charge is 0.322 e. The van der Waals surface area contributed by atoms with Crippen LogP contribution in [-0.4, -0.2) is 45.3 Å². The van der Waals surface area contributed by atoms with E-state index in [1.807, 2.05) is 7.05 Å². The van der Waals surface area contributed by atoms with E-state index in [0.717, 1.165) is 13.0 Å². The molecule has 3 rings (SSSR count). The minimum absolute atomic E-state index is 0.201. The third kappa shape index (κ3) is 4.52. The van der Waals surface area contributed by atoms with E-state index < -0.39 is 15.8 Å². The number of amides is 1. The highest BCUT2D eigenvalue weighted by Gasteiger charge is 2.32. The molecule has 1 aliphatic heterocycles. The van der Waals surface area contributed by atoms with Gasteiger partial charge in [0, 0.05) is 24.3 Å². The van der Waals surface area contributed by atoms with Crippen molar-refractivity contribution in [3.8, 4) is 0 Å². The molecule has 6 nitrogen and oxygen atoms in total. The Morgan fingerprint density at radius 3 is 2.44 bits per heavy atom. The zero-order valence-corrected chi connectivity index (χ0v) is 15.8. The van der Waals surface area contributed by atoms with Crippen molar-refractivity contribution in [3.63, 3.8) is 0 Å². The Hall–Kier alpha value is -2.29. The number of nitrogens with zero attached hydrogens (tertiary/aromatic N) is 1. The second kappa shape index (κ2) is 8.16. The van der Waals surface area contributed by atoms with Crippen molar-refractivity contribution in [2.24, 2.45) is 5.92 Å². The van der Waals surface area contributed by atoms with Crippen LogP contribution in [0.1, 0.15) is 16.8 Å².